The average Bonchev–Trinajstić information content (AvgIpc) is 2.87. The van der Waals surface area contributed by atoms with Gasteiger partial charge in [-0.15, -0.1) is 0 Å². The average molecular weight is 489 g/mol. The lowest BCUT2D eigenvalue weighted by Gasteiger charge is -2.02. The molecule has 0 atom stereocenters. The van der Waals surface area contributed by atoms with E-state index in [0.717, 1.165) is 41.7 Å². The Morgan fingerprint density at radius 1 is 0.639 bits per heavy atom. The standard InChI is InChI=1S/C11H12O2.C11H14.C9H10O.CH4O/c1-8-4-3-5-10(9(8)2)6-7-11(12)13;1-4-6-11-8-5-7-9(2)10(11)3;1-7-4-3-5-9(6-10)8(7)2;1-2/h3-7H,1-2H3,(H,12,13);4-8H,1-3H3;3-6H,1-2H3;2H,1H3/b7-6+;6-4+;;. The Morgan fingerprint density at radius 3 is 1.33 bits per heavy atom. The van der Waals surface area contributed by atoms with Crippen molar-refractivity contribution >= 4 is 24.4 Å². The summed E-state index contributed by atoms with van der Waals surface area (Å²) in [4.78, 5) is 20.7. The van der Waals surface area contributed by atoms with Gasteiger partial charge in [0.2, 0.25) is 0 Å². The molecule has 3 rings (SSSR count). The summed E-state index contributed by atoms with van der Waals surface area (Å²) in [5, 5.41) is 15.4. The highest BCUT2D eigenvalue weighted by atomic mass is 16.4. The summed E-state index contributed by atoms with van der Waals surface area (Å²) in [6, 6.07) is 17.9. The van der Waals surface area contributed by atoms with Gasteiger partial charge in [-0.05, 0) is 99.0 Å². The van der Waals surface area contributed by atoms with E-state index in [0.29, 0.717) is 0 Å². The Bertz CT molecular complexity index is 1170. The van der Waals surface area contributed by atoms with Gasteiger partial charge in [0.15, 0.2) is 0 Å². The first-order valence-electron chi connectivity index (χ1n) is 11.7. The molecule has 4 nitrogen and oxygen atoms in total. The van der Waals surface area contributed by atoms with Gasteiger partial charge in [0.05, 0.1) is 0 Å². The fourth-order valence-corrected chi connectivity index (χ4v) is 3.15. The monoisotopic (exact) mass is 488 g/mol. The van der Waals surface area contributed by atoms with Crippen LogP contribution >= 0.6 is 0 Å². The number of rotatable bonds is 4. The van der Waals surface area contributed by atoms with Crippen molar-refractivity contribution in [3.05, 3.63) is 117 Å². The number of aryl methyl sites for hydroxylation is 3. The van der Waals surface area contributed by atoms with E-state index >= 15 is 0 Å². The molecule has 3 aromatic rings. The van der Waals surface area contributed by atoms with E-state index in [9.17, 15) is 9.59 Å². The number of carbonyl (C=O) groups is 2. The topological polar surface area (TPSA) is 74.6 Å². The minimum Gasteiger partial charge on any atom is -0.478 e. The summed E-state index contributed by atoms with van der Waals surface area (Å²) in [6.45, 7) is 14.3. The second-order valence-electron chi connectivity index (χ2n) is 8.16. The number of carboxylic acids is 1. The fraction of sp³-hybridized carbons (Fsp3) is 0.250. The Hall–Kier alpha value is -3.76. The van der Waals surface area contributed by atoms with Crippen LogP contribution in [0.2, 0.25) is 0 Å². The normalized spacial score (nSPS) is 9.92. The number of aldehydes is 1. The molecule has 0 aliphatic carbocycles. The molecule has 0 saturated carbocycles. The van der Waals surface area contributed by atoms with Gasteiger partial charge in [0.1, 0.15) is 6.29 Å². The van der Waals surface area contributed by atoms with Crippen molar-refractivity contribution in [1.29, 1.82) is 0 Å². The number of benzene rings is 3. The lowest BCUT2D eigenvalue weighted by atomic mass is 10.0. The van der Waals surface area contributed by atoms with Gasteiger partial charge in [-0.2, -0.15) is 0 Å². The summed E-state index contributed by atoms with van der Waals surface area (Å²) in [7, 11) is 1.00. The molecule has 0 spiro atoms. The SMILES string of the molecule is C/C=C/c1cccc(C)c1C.CO.Cc1cccc(/C=C/C(=O)O)c1C.Cc1cccc(C=O)c1C. The van der Waals surface area contributed by atoms with Crippen LogP contribution in [-0.4, -0.2) is 29.6 Å². The number of hydrogen-bond acceptors (Lipinski definition) is 3. The summed E-state index contributed by atoms with van der Waals surface area (Å²) >= 11 is 0. The Kier molecular flexibility index (Phi) is 15.8. The van der Waals surface area contributed by atoms with E-state index in [-0.39, 0.29) is 0 Å². The predicted molar refractivity (Wildman–Crippen MR) is 153 cm³/mol. The van der Waals surface area contributed by atoms with Crippen LogP contribution in [0.1, 0.15) is 61.8 Å². The molecular weight excluding hydrogens is 448 g/mol. The first-order chi connectivity index (χ1) is 17.1. The number of aliphatic hydroxyl groups excluding tert-OH is 1. The summed E-state index contributed by atoms with van der Waals surface area (Å²) < 4.78 is 0. The third kappa shape index (κ3) is 11.1. The molecule has 0 saturated heterocycles. The highest BCUT2D eigenvalue weighted by Crippen LogP contribution is 2.14. The number of carboxylic acid groups (broad SMARTS) is 1. The van der Waals surface area contributed by atoms with Crippen molar-refractivity contribution in [2.24, 2.45) is 0 Å². The second kappa shape index (κ2) is 17.6. The smallest absolute Gasteiger partial charge is 0.328 e. The van der Waals surface area contributed by atoms with Crippen LogP contribution in [0.5, 0.6) is 0 Å². The van der Waals surface area contributed by atoms with Crippen molar-refractivity contribution in [3.63, 3.8) is 0 Å². The third-order valence-electron chi connectivity index (χ3n) is 5.82. The molecule has 0 unspecified atom stereocenters. The third-order valence-corrected chi connectivity index (χ3v) is 5.82. The molecule has 0 bridgehead atoms. The number of aliphatic carboxylic acids is 1. The molecule has 0 radical (unpaired) electrons. The first-order valence-corrected chi connectivity index (χ1v) is 11.7. The molecule has 36 heavy (non-hydrogen) atoms. The van der Waals surface area contributed by atoms with Gasteiger partial charge in [0.25, 0.3) is 0 Å². The van der Waals surface area contributed by atoms with Crippen molar-refractivity contribution < 1.29 is 19.8 Å². The van der Waals surface area contributed by atoms with E-state index in [1.165, 1.54) is 27.8 Å². The summed E-state index contributed by atoms with van der Waals surface area (Å²) in [6.07, 6.45) is 7.87. The molecule has 0 heterocycles. The van der Waals surface area contributed by atoms with Gasteiger partial charge in [-0.25, -0.2) is 4.79 Å². The largest absolute Gasteiger partial charge is 0.478 e. The highest BCUT2D eigenvalue weighted by Gasteiger charge is 1.98. The van der Waals surface area contributed by atoms with Crippen molar-refractivity contribution in [3.8, 4) is 0 Å². The van der Waals surface area contributed by atoms with Crippen LogP contribution in [-0.2, 0) is 4.79 Å². The molecular formula is C32H40O4. The zero-order valence-corrected chi connectivity index (χ0v) is 22.8. The number of hydrogen-bond donors (Lipinski definition) is 2. The molecule has 3 aromatic carbocycles. The van der Waals surface area contributed by atoms with Crippen LogP contribution in [0.25, 0.3) is 12.2 Å². The fourth-order valence-electron chi connectivity index (χ4n) is 3.15. The second-order valence-corrected chi connectivity index (χ2v) is 8.16. The lowest BCUT2D eigenvalue weighted by Crippen LogP contribution is -1.88. The van der Waals surface area contributed by atoms with E-state index in [2.05, 4.69) is 44.2 Å². The van der Waals surface area contributed by atoms with Crippen LogP contribution in [0.4, 0.5) is 0 Å². The zero-order chi connectivity index (χ0) is 27.7. The van der Waals surface area contributed by atoms with Crippen LogP contribution in [0.3, 0.4) is 0 Å². The minimum atomic E-state index is -0.916. The van der Waals surface area contributed by atoms with Gasteiger partial charge in [0, 0.05) is 18.7 Å². The lowest BCUT2D eigenvalue weighted by molar-refractivity contribution is -0.131. The van der Waals surface area contributed by atoms with E-state index < -0.39 is 5.97 Å². The van der Waals surface area contributed by atoms with Gasteiger partial charge >= 0.3 is 5.97 Å². The first kappa shape index (κ1) is 32.2. The highest BCUT2D eigenvalue weighted by molar-refractivity contribution is 5.85. The Labute approximate surface area is 216 Å². The minimum absolute atomic E-state index is 0.792. The quantitative estimate of drug-likeness (QED) is 0.295. The summed E-state index contributed by atoms with van der Waals surface area (Å²) in [5.74, 6) is -0.916. The molecule has 0 aliphatic rings. The van der Waals surface area contributed by atoms with Crippen molar-refractivity contribution in [2.75, 3.05) is 7.11 Å². The summed E-state index contributed by atoms with van der Waals surface area (Å²) in [5.41, 5.74) is 10.4. The van der Waals surface area contributed by atoms with Crippen LogP contribution in [0, 0.1) is 41.5 Å². The Morgan fingerprint density at radius 2 is 1.00 bits per heavy atom. The molecule has 0 amide bonds. The van der Waals surface area contributed by atoms with Gasteiger partial charge < -0.3 is 10.2 Å². The number of aliphatic hydroxyl groups is 1. The number of allylic oxidation sites excluding steroid dienone is 1. The Balaban J connectivity index is 0.000000497. The van der Waals surface area contributed by atoms with Crippen molar-refractivity contribution in [1.82, 2.24) is 0 Å². The van der Waals surface area contributed by atoms with E-state index in [1.54, 1.807) is 6.08 Å². The zero-order valence-electron chi connectivity index (χ0n) is 22.8. The van der Waals surface area contributed by atoms with E-state index in [1.807, 2.05) is 71.0 Å². The van der Waals surface area contributed by atoms with E-state index in [4.69, 9.17) is 10.2 Å². The predicted octanol–water partition coefficient (Wildman–Crippen LogP) is 7.46. The van der Waals surface area contributed by atoms with Crippen LogP contribution in [0.15, 0.2) is 66.7 Å². The number of carbonyl (C=O) groups excluding carboxylic acids is 1. The molecule has 0 fully saturated rings. The van der Waals surface area contributed by atoms with Gasteiger partial charge in [-0.3, -0.25) is 4.79 Å². The maximum Gasteiger partial charge on any atom is 0.328 e. The molecule has 0 aromatic heterocycles. The van der Waals surface area contributed by atoms with Gasteiger partial charge in [-0.1, -0.05) is 66.7 Å². The maximum absolute atomic E-state index is 10.4. The molecule has 2 N–H and O–H groups in total. The molecule has 192 valence electrons. The molecule has 4 heteroatoms. The van der Waals surface area contributed by atoms with Crippen molar-refractivity contribution in [2.45, 2.75) is 48.5 Å². The maximum atomic E-state index is 10.4. The molecule has 0 aliphatic heterocycles. The van der Waals surface area contributed by atoms with Crippen LogP contribution < -0.4 is 0 Å².